The third-order valence-electron chi connectivity index (χ3n) is 3.77. The fourth-order valence-electron chi connectivity index (χ4n) is 2.58. The summed E-state index contributed by atoms with van der Waals surface area (Å²) in [6.45, 7) is 1.22. The molecule has 3 aromatic rings. The summed E-state index contributed by atoms with van der Waals surface area (Å²) >= 11 is 0. The minimum Gasteiger partial charge on any atom is -0.380 e. The quantitative estimate of drug-likeness (QED) is 0.749. The molecule has 2 aromatic carbocycles. The van der Waals surface area contributed by atoms with Crippen molar-refractivity contribution in [3.63, 3.8) is 0 Å². The summed E-state index contributed by atoms with van der Waals surface area (Å²) in [5, 5.41) is 7.48. The molecule has 0 amide bonds. The van der Waals surface area contributed by atoms with Crippen molar-refractivity contribution in [2.75, 3.05) is 11.6 Å². The molecule has 24 heavy (non-hydrogen) atoms. The molecular weight excluding hydrogens is 322 g/mol. The number of rotatable bonds is 6. The van der Waals surface area contributed by atoms with Gasteiger partial charge in [0, 0.05) is 25.2 Å². The fraction of sp³-hybridized carbons (Fsp3) is 0.167. The van der Waals surface area contributed by atoms with Crippen molar-refractivity contribution in [3.05, 3.63) is 78.1 Å². The van der Waals surface area contributed by atoms with Gasteiger partial charge in [0.25, 0.3) is 0 Å². The zero-order valence-electron chi connectivity index (χ0n) is 13.4. The molecule has 0 spiro atoms. The number of anilines is 1. The van der Waals surface area contributed by atoms with Crippen LogP contribution in [-0.4, -0.2) is 24.5 Å². The summed E-state index contributed by atoms with van der Waals surface area (Å²) in [5.74, 6) is 0. The second-order valence-electron chi connectivity index (χ2n) is 5.59. The number of aromatic nitrogens is 2. The molecule has 0 radical (unpaired) electrons. The van der Waals surface area contributed by atoms with Crippen molar-refractivity contribution in [2.24, 2.45) is 0 Å². The molecule has 1 N–H and O–H groups in total. The standard InChI is InChI=1S/C18H19N3O2S/c1-24(22,23)18-10-5-4-9-17(18)19-13-15-7-2-3-8-16(15)14-21-12-6-11-20-21/h2-12,19H,13-14H2,1H3. The van der Waals surface area contributed by atoms with Crippen LogP contribution in [0.5, 0.6) is 0 Å². The molecule has 0 unspecified atom stereocenters. The number of sulfone groups is 1. The zero-order valence-corrected chi connectivity index (χ0v) is 14.2. The van der Waals surface area contributed by atoms with Gasteiger partial charge in [-0.05, 0) is 29.3 Å². The van der Waals surface area contributed by atoms with Crippen LogP contribution in [0, 0.1) is 0 Å². The first-order valence-corrected chi connectivity index (χ1v) is 9.50. The summed E-state index contributed by atoms with van der Waals surface area (Å²) in [4.78, 5) is 0.314. The average molecular weight is 341 g/mol. The molecule has 0 bridgehead atoms. The number of nitrogens with zero attached hydrogens (tertiary/aromatic N) is 2. The van der Waals surface area contributed by atoms with E-state index in [0.29, 0.717) is 23.7 Å². The molecule has 1 aromatic heterocycles. The third-order valence-corrected chi connectivity index (χ3v) is 4.92. The third kappa shape index (κ3) is 3.83. The topological polar surface area (TPSA) is 64.0 Å². The van der Waals surface area contributed by atoms with E-state index in [2.05, 4.69) is 16.5 Å². The predicted octanol–water partition coefficient (Wildman–Crippen LogP) is 2.95. The first-order chi connectivity index (χ1) is 11.5. The molecular formula is C18H19N3O2S. The van der Waals surface area contributed by atoms with Crippen molar-refractivity contribution in [1.29, 1.82) is 0 Å². The smallest absolute Gasteiger partial charge is 0.177 e. The Morgan fingerprint density at radius 3 is 2.42 bits per heavy atom. The van der Waals surface area contributed by atoms with Crippen molar-refractivity contribution < 1.29 is 8.42 Å². The monoisotopic (exact) mass is 341 g/mol. The fourth-order valence-corrected chi connectivity index (χ4v) is 3.44. The van der Waals surface area contributed by atoms with Crippen LogP contribution >= 0.6 is 0 Å². The maximum absolute atomic E-state index is 11.9. The van der Waals surface area contributed by atoms with E-state index >= 15 is 0 Å². The highest BCUT2D eigenvalue weighted by Gasteiger charge is 2.12. The van der Waals surface area contributed by atoms with Crippen LogP contribution in [0.4, 0.5) is 5.69 Å². The largest absolute Gasteiger partial charge is 0.380 e. The lowest BCUT2D eigenvalue weighted by Crippen LogP contribution is -2.09. The molecule has 0 aliphatic heterocycles. The summed E-state index contributed by atoms with van der Waals surface area (Å²) in [5.41, 5.74) is 2.87. The lowest BCUT2D eigenvalue weighted by Gasteiger charge is -2.14. The first-order valence-electron chi connectivity index (χ1n) is 7.61. The van der Waals surface area contributed by atoms with Gasteiger partial charge in [-0.15, -0.1) is 0 Å². The summed E-state index contributed by atoms with van der Waals surface area (Å²) < 4.78 is 25.6. The Morgan fingerprint density at radius 2 is 1.71 bits per heavy atom. The average Bonchev–Trinajstić information content (AvgIpc) is 3.06. The van der Waals surface area contributed by atoms with Crippen LogP contribution in [0.3, 0.4) is 0 Å². The number of benzene rings is 2. The van der Waals surface area contributed by atoms with E-state index in [4.69, 9.17) is 0 Å². The van der Waals surface area contributed by atoms with Gasteiger partial charge < -0.3 is 5.32 Å². The normalized spacial score (nSPS) is 11.4. The first kappa shape index (κ1) is 16.3. The molecule has 0 aliphatic rings. The Labute approximate surface area is 141 Å². The van der Waals surface area contributed by atoms with Crippen LogP contribution < -0.4 is 5.32 Å². The molecule has 5 nitrogen and oxygen atoms in total. The minimum atomic E-state index is -3.27. The van der Waals surface area contributed by atoms with E-state index in [0.717, 1.165) is 11.1 Å². The maximum atomic E-state index is 11.9. The van der Waals surface area contributed by atoms with E-state index < -0.39 is 9.84 Å². The summed E-state index contributed by atoms with van der Waals surface area (Å²) in [6, 6.07) is 16.9. The number of hydrogen-bond acceptors (Lipinski definition) is 4. The Morgan fingerprint density at radius 1 is 1.00 bits per heavy atom. The molecule has 6 heteroatoms. The summed E-state index contributed by atoms with van der Waals surface area (Å²) in [6.07, 6.45) is 4.89. The second-order valence-corrected chi connectivity index (χ2v) is 7.58. The van der Waals surface area contributed by atoms with Gasteiger partial charge in [-0.1, -0.05) is 36.4 Å². The van der Waals surface area contributed by atoms with Gasteiger partial charge in [0.05, 0.1) is 17.1 Å². The molecule has 0 aliphatic carbocycles. The predicted molar refractivity (Wildman–Crippen MR) is 94.6 cm³/mol. The van der Waals surface area contributed by atoms with Gasteiger partial charge in [0.2, 0.25) is 0 Å². The van der Waals surface area contributed by atoms with Crippen molar-refractivity contribution >= 4 is 15.5 Å². The lowest BCUT2D eigenvalue weighted by molar-refractivity contribution is 0.602. The van der Waals surface area contributed by atoms with E-state index in [1.807, 2.05) is 41.2 Å². The van der Waals surface area contributed by atoms with Gasteiger partial charge in [0.15, 0.2) is 9.84 Å². The molecule has 3 rings (SSSR count). The van der Waals surface area contributed by atoms with E-state index in [9.17, 15) is 8.42 Å². The van der Waals surface area contributed by atoms with E-state index in [1.54, 1.807) is 24.4 Å². The van der Waals surface area contributed by atoms with Gasteiger partial charge in [0.1, 0.15) is 0 Å². The molecule has 124 valence electrons. The molecule has 0 atom stereocenters. The Kier molecular flexibility index (Phi) is 4.66. The van der Waals surface area contributed by atoms with E-state index in [1.165, 1.54) is 6.26 Å². The Bertz CT molecular complexity index is 919. The van der Waals surface area contributed by atoms with Gasteiger partial charge in [-0.25, -0.2) is 8.42 Å². The van der Waals surface area contributed by atoms with Crippen LogP contribution in [0.1, 0.15) is 11.1 Å². The highest BCUT2D eigenvalue weighted by atomic mass is 32.2. The van der Waals surface area contributed by atoms with Crippen molar-refractivity contribution in [1.82, 2.24) is 9.78 Å². The number of hydrogen-bond donors (Lipinski definition) is 1. The number of nitrogens with one attached hydrogen (secondary N) is 1. The Balaban J connectivity index is 1.81. The number of para-hydroxylation sites is 1. The Hall–Kier alpha value is -2.60. The van der Waals surface area contributed by atoms with Crippen molar-refractivity contribution in [3.8, 4) is 0 Å². The SMILES string of the molecule is CS(=O)(=O)c1ccccc1NCc1ccccc1Cn1cccn1. The van der Waals surface area contributed by atoms with Gasteiger partial charge in [-0.3, -0.25) is 4.68 Å². The summed E-state index contributed by atoms with van der Waals surface area (Å²) in [7, 11) is -3.27. The maximum Gasteiger partial charge on any atom is 0.177 e. The van der Waals surface area contributed by atoms with Crippen LogP contribution in [0.2, 0.25) is 0 Å². The highest BCUT2D eigenvalue weighted by molar-refractivity contribution is 7.90. The van der Waals surface area contributed by atoms with Crippen molar-refractivity contribution in [2.45, 2.75) is 18.0 Å². The minimum absolute atomic E-state index is 0.314. The van der Waals surface area contributed by atoms with Gasteiger partial charge >= 0.3 is 0 Å². The van der Waals surface area contributed by atoms with Crippen LogP contribution in [0.25, 0.3) is 0 Å². The molecule has 0 fully saturated rings. The van der Waals surface area contributed by atoms with Gasteiger partial charge in [-0.2, -0.15) is 5.10 Å². The molecule has 1 heterocycles. The molecule has 0 saturated heterocycles. The highest BCUT2D eigenvalue weighted by Crippen LogP contribution is 2.22. The van der Waals surface area contributed by atoms with Crippen LogP contribution in [0.15, 0.2) is 71.9 Å². The second kappa shape index (κ2) is 6.88. The molecule has 0 saturated carbocycles. The zero-order chi connectivity index (χ0) is 17.0. The lowest BCUT2D eigenvalue weighted by atomic mass is 10.1. The van der Waals surface area contributed by atoms with E-state index in [-0.39, 0.29) is 0 Å². The van der Waals surface area contributed by atoms with Crippen LogP contribution in [-0.2, 0) is 22.9 Å².